The molecule has 4 heteroatoms. The maximum absolute atomic E-state index is 12.8. The monoisotopic (exact) mass is 303 g/mol. The zero-order chi connectivity index (χ0) is 15.5. The Morgan fingerprint density at radius 1 is 1.14 bits per heavy atom. The fraction of sp³-hybridized carbons (Fsp3) is 0.722. The van der Waals surface area contributed by atoms with Crippen LogP contribution < -0.4 is 0 Å². The van der Waals surface area contributed by atoms with E-state index in [-0.39, 0.29) is 6.04 Å². The molecule has 0 unspecified atom stereocenters. The first-order valence-electron chi connectivity index (χ1n) is 8.86. The van der Waals surface area contributed by atoms with E-state index in [1.807, 2.05) is 12.1 Å². The summed E-state index contributed by atoms with van der Waals surface area (Å²) in [7, 11) is 0. The summed E-state index contributed by atoms with van der Waals surface area (Å²) in [6, 6.07) is 5.34. The number of likely N-dealkylation sites (tertiary alicyclic amines) is 2. The molecular weight excluding hydrogens is 274 g/mol. The first-order chi connectivity index (χ1) is 10.7. The van der Waals surface area contributed by atoms with Crippen molar-refractivity contribution >= 4 is 5.91 Å². The summed E-state index contributed by atoms with van der Waals surface area (Å²) in [5.74, 6) is 0.339. The lowest BCUT2D eigenvalue weighted by molar-refractivity contribution is -0.133. The SMILES string of the molecule is CCN1CCC[C@@H]1[C@H]1CCCN1C(=O)C[C@@H](C)n1cccc1. The predicted molar refractivity (Wildman–Crippen MR) is 88.8 cm³/mol. The fourth-order valence-electron chi connectivity index (χ4n) is 4.30. The number of carbonyl (C=O) groups excluding carboxylic acids is 1. The molecule has 0 aromatic carbocycles. The Morgan fingerprint density at radius 3 is 2.55 bits per heavy atom. The molecule has 0 spiro atoms. The van der Waals surface area contributed by atoms with Gasteiger partial charge in [-0.2, -0.15) is 0 Å². The first-order valence-corrected chi connectivity index (χ1v) is 8.86. The van der Waals surface area contributed by atoms with Crippen LogP contribution in [0.2, 0.25) is 0 Å². The molecule has 2 aliphatic heterocycles. The Balaban J connectivity index is 1.63. The van der Waals surface area contributed by atoms with Crippen molar-refractivity contribution in [3.63, 3.8) is 0 Å². The molecule has 1 aromatic rings. The second kappa shape index (κ2) is 6.86. The first kappa shape index (κ1) is 15.6. The number of rotatable bonds is 5. The van der Waals surface area contributed by atoms with Gasteiger partial charge in [0.25, 0.3) is 0 Å². The van der Waals surface area contributed by atoms with Gasteiger partial charge < -0.3 is 9.47 Å². The molecule has 1 amide bonds. The Kier molecular flexibility index (Phi) is 4.87. The molecule has 0 aliphatic carbocycles. The van der Waals surface area contributed by atoms with E-state index in [0.29, 0.717) is 24.4 Å². The van der Waals surface area contributed by atoms with Crippen LogP contribution in [0.15, 0.2) is 24.5 Å². The molecule has 0 saturated carbocycles. The van der Waals surface area contributed by atoms with Gasteiger partial charge in [0, 0.05) is 43.5 Å². The van der Waals surface area contributed by atoms with Crippen LogP contribution in [0.3, 0.4) is 0 Å². The Labute approximate surface area is 134 Å². The maximum Gasteiger partial charge on any atom is 0.224 e. The van der Waals surface area contributed by atoms with E-state index in [1.54, 1.807) is 0 Å². The van der Waals surface area contributed by atoms with Crippen molar-refractivity contribution in [2.45, 2.75) is 64.1 Å². The highest BCUT2D eigenvalue weighted by molar-refractivity contribution is 5.77. The molecule has 122 valence electrons. The van der Waals surface area contributed by atoms with E-state index < -0.39 is 0 Å². The topological polar surface area (TPSA) is 28.5 Å². The summed E-state index contributed by atoms with van der Waals surface area (Å²) in [6.07, 6.45) is 9.62. The number of amides is 1. The summed E-state index contributed by atoms with van der Waals surface area (Å²) < 4.78 is 2.14. The summed E-state index contributed by atoms with van der Waals surface area (Å²) in [6.45, 7) is 7.66. The smallest absolute Gasteiger partial charge is 0.224 e. The number of hydrogen-bond donors (Lipinski definition) is 0. The van der Waals surface area contributed by atoms with Crippen molar-refractivity contribution in [3.8, 4) is 0 Å². The van der Waals surface area contributed by atoms with E-state index >= 15 is 0 Å². The second-order valence-electron chi connectivity index (χ2n) is 6.82. The lowest BCUT2D eigenvalue weighted by atomic mass is 10.0. The highest BCUT2D eigenvalue weighted by atomic mass is 16.2. The number of nitrogens with zero attached hydrogens (tertiary/aromatic N) is 3. The van der Waals surface area contributed by atoms with Gasteiger partial charge in [-0.15, -0.1) is 0 Å². The second-order valence-corrected chi connectivity index (χ2v) is 6.82. The normalized spacial score (nSPS) is 27.5. The third kappa shape index (κ3) is 3.07. The molecule has 3 atom stereocenters. The molecule has 2 fully saturated rings. The van der Waals surface area contributed by atoms with E-state index in [0.717, 1.165) is 13.1 Å². The van der Waals surface area contributed by atoms with E-state index in [2.05, 4.69) is 40.6 Å². The number of hydrogen-bond acceptors (Lipinski definition) is 2. The van der Waals surface area contributed by atoms with Crippen LogP contribution in [0.25, 0.3) is 0 Å². The Hall–Kier alpha value is -1.29. The summed E-state index contributed by atoms with van der Waals surface area (Å²) >= 11 is 0. The minimum Gasteiger partial charge on any atom is -0.351 e. The molecule has 0 N–H and O–H groups in total. The molecule has 3 rings (SSSR count). The zero-order valence-electron chi connectivity index (χ0n) is 13.9. The quantitative estimate of drug-likeness (QED) is 0.837. The average Bonchev–Trinajstić information content (AvgIpc) is 3.25. The molecule has 2 saturated heterocycles. The van der Waals surface area contributed by atoms with Crippen LogP contribution in [0.4, 0.5) is 0 Å². The minimum atomic E-state index is 0.245. The number of aromatic nitrogens is 1. The fourth-order valence-corrected chi connectivity index (χ4v) is 4.30. The van der Waals surface area contributed by atoms with Crippen molar-refractivity contribution in [1.82, 2.24) is 14.4 Å². The molecule has 22 heavy (non-hydrogen) atoms. The largest absolute Gasteiger partial charge is 0.351 e. The maximum atomic E-state index is 12.8. The lowest BCUT2D eigenvalue weighted by Crippen LogP contribution is -2.48. The highest BCUT2D eigenvalue weighted by Gasteiger charge is 2.39. The molecule has 0 radical (unpaired) electrons. The standard InChI is InChI=1S/C18H29N3O/c1-3-19-12-6-8-16(19)17-9-7-13-21(17)18(22)14-15(2)20-10-4-5-11-20/h4-5,10-11,15-17H,3,6-9,12-14H2,1-2H3/t15-,16-,17-/m1/s1. The van der Waals surface area contributed by atoms with Gasteiger partial charge >= 0.3 is 0 Å². The molecular formula is C18H29N3O. The van der Waals surface area contributed by atoms with Gasteiger partial charge in [0.05, 0.1) is 0 Å². The minimum absolute atomic E-state index is 0.245. The van der Waals surface area contributed by atoms with Crippen molar-refractivity contribution in [2.75, 3.05) is 19.6 Å². The van der Waals surface area contributed by atoms with Crippen LogP contribution in [0, 0.1) is 0 Å². The third-order valence-electron chi connectivity index (χ3n) is 5.49. The Morgan fingerprint density at radius 2 is 1.82 bits per heavy atom. The van der Waals surface area contributed by atoms with Crippen molar-refractivity contribution < 1.29 is 4.79 Å². The van der Waals surface area contributed by atoms with Gasteiger partial charge in [0.1, 0.15) is 0 Å². The number of likely N-dealkylation sites (N-methyl/N-ethyl adjacent to an activating group) is 1. The van der Waals surface area contributed by atoms with Gasteiger partial charge in [-0.25, -0.2) is 0 Å². The van der Waals surface area contributed by atoms with Gasteiger partial charge in [0.15, 0.2) is 0 Å². The van der Waals surface area contributed by atoms with Crippen molar-refractivity contribution in [1.29, 1.82) is 0 Å². The summed E-state index contributed by atoms with van der Waals surface area (Å²) in [4.78, 5) is 17.6. The molecule has 0 bridgehead atoms. The van der Waals surface area contributed by atoms with Gasteiger partial charge in [-0.05, 0) is 57.8 Å². The van der Waals surface area contributed by atoms with E-state index in [9.17, 15) is 4.79 Å². The zero-order valence-corrected chi connectivity index (χ0v) is 13.9. The third-order valence-corrected chi connectivity index (χ3v) is 5.49. The molecule has 2 aliphatic rings. The van der Waals surface area contributed by atoms with Crippen LogP contribution >= 0.6 is 0 Å². The van der Waals surface area contributed by atoms with Gasteiger partial charge in [-0.3, -0.25) is 9.69 Å². The highest BCUT2D eigenvalue weighted by Crippen LogP contribution is 2.30. The van der Waals surface area contributed by atoms with Crippen LogP contribution in [0.5, 0.6) is 0 Å². The van der Waals surface area contributed by atoms with Crippen LogP contribution in [0.1, 0.15) is 52.0 Å². The summed E-state index contributed by atoms with van der Waals surface area (Å²) in [5, 5.41) is 0. The van der Waals surface area contributed by atoms with E-state index in [1.165, 1.54) is 32.2 Å². The van der Waals surface area contributed by atoms with Crippen molar-refractivity contribution in [2.24, 2.45) is 0 Å². The summed E-state index contributed by atoms with van der Waals surface area (Å²) in [5.41, 5.74) is 0. The Bertz CT molecular complexity index is 485. The lowest BCUT2D eigenvalue weighted by Gasteiger charge is -2.35. The molecule has 4 nitrogen and oxygen atoms in total. The molecule has 1 aromatic heterocycles. The molecule has 3 heterocycles. The van der Waals surface area contributed by atoms with E-state index in [4.69, 9.17) is 0 Å². The van der Waals surface area contributed by atoms with Crippen LogP contribution in [-0.4, -0.2) is 52.0 Å². The van der Waals surface area contributed by atoms with Gasteiger partial charge in [-0.1, -0.05) is 6.92 Å². The van der Waals surface area contributed by atoms with Crippen molar-refractivity contribution in [3.05, 3.63) is 24.5 Å². The van der Waals surface area contributed by atoms with Crippen LogP contribution in [-0.2, 0) is 4.79 Å². The number of carbonyl (C=O) groups is 1. The average molecular weight is 303 g/mol. The predicted octanol–water partition coefficient (Wildman–Crippen LogP) is 2.91. The van der Waals surface area contributed by atoms with Gasteiger partial charge in [0.2, 0.25) is 5.91 Å².